The van der Waals surface area contributed by atoms with Gasteiger partial charge in [-0.05, 0) is 31.3 Å². The number of nitrogens with zero attached hydrogens (tertiary/aromatic N) is 1. The highest BCUT2D eigenvalue weighted by atomic mass is 32.2. The van der Waals surface area contributed by atoms with Crippen molar-refractivity contribution in [2.24, 2.45) is 11.7 Å². The fourth-order valence-corrected chi connectivity index (χ4v) is 3.31. The summed E-state index contributed by atoms with van der Waals surface area (Å²) < 4.78 is 0. The van der Waals surface area contributed by atoms with Gasteiger partial charge < -0.3 is 31.8 Å². The average molecular weight is 471 g/mol. The Morgan fingerprint density at radius 1 is 1.16 bits per heavy atom. The average Bonchev–Trinajstić information content (AvgIpc) is 3.27. The first-order valence-electron chi connectivity index (χ1n) is 10.5. The van der Waals surface area contributed by atoms with Crippen LogP contribution in [0.2, 0.25) is 0 Å². The zero-order chi connectivity index (χ0) is 24.3. The molecule has 7 N–H and O–H groups in total. The molecule has 1 aromatic heterocycles. The van der Waals surface area contributed by atoms with Crippen molar-refractivity contribution < 1.29 is 24.3 Å². The number of nitrogens with one attached hydrogen (secondary N) is 4. The molecule has 0 radical (unpaired) electrons. The van der Waals surface area contributed by atoms with E-state index < -0.39 is 47.9 Å². The molecule has 0 saturated heterocycles. The molecule has 180 valence electrons. The monoisotopic (exact) mass is 470 g/mol. The molecule has 0 aliphatic carbocycles. The van der Waals surface area contributed by atoms with E-state index in [2.05, 4.69) is 25.9 Å². The number of nitrogens with two attached hydrogens (primary N) is 1. The molecule has 0 aromatic carbocycles. The van der Waals surface area contributed by atoms with Crippen LogP contribution in [0.15, 0.2) is 12.5 Å². The third kappa shape index (κ3) is 8.87. The second-order valence-electron chi connectivity index (χ2n) is 7.67. The molecule has 1 heterocycles. The summed E-state index contributed by atoms with van der Waals surface area (Å²) in [6.07, 6.45) is 6.02. The molecule has 0 bridgehead atoms. The van der Waals surface area contributed by atoms with Crippen molar-refractivity contribution in [1.82, 2.24) is 25.9 Å². The maximum atomic E-state index is 12.9. The van der Waals surface area contributed by atoms with Crippen molar-refractivity contribution in [3.8, 4) is 0 Å². The number of rotatable bonds is 14. The van der Waals surface area contributed by atoms with Gasteiger partial charge in [-0.3, -0.25) is 14.4 Å². The van der Waals surface area contributed by atoms with Gasteiger partial charge in [-0.1, -0.05) is 20.3 Å². The number of aromatic amines is 1. The quantitative estimate of drug-likeness (QED) is 0.213. The number of aliphatic carboxylic acids is 1. The van der Waals surface area contributed by atoms with Crippen molar-refractivity contribution in [1.29, 1.82) is 0 Å². The summed E-state index contributed by atoms with van der Waals surface area (Å²) in [5.74, 6) is -2.43. The zero-order valence-corrected chi connectivity index (χ0v) is 19.7. The van der Waals surface area contributed by atoms with E-state index in [1.165, 1.54) is 19.4 Å². The van der Waals surface area contributed by atoms with E-state index in [-0.39, 0.29) is 12.3 Å². The molecule has 12 heteroatoms. The summed E-state index contributed by atoms with van der Waals surface area (Å²) >= 11 is 1.56. The Hall–Kier alpha value is -2.60. The first-order valence-corrected chi connectivity index (χ1v) is 11.9. The predicted octanol–water partition coefficient (Wildman–Crippen LogP) is -0.362. The molecule has 1 aromatic rings. The number of hydrogen-bond acceptors (Lipinski definition) is 7. The highest BCUT2D eigenvalue weighted by molar-refractivity contribution is 7.98. The maximum Gasteiger partial charge on any atom is 0.326 e. The topological polar surface area (TPSA) is 179 Å². The van der Waals surface area contributed by atoms with Crippen LogP contribution in [0.4, 0.5) is 0 Å². The number of carboxylic acids is 1. The highest BCUT2D eigenvalue weighted by Crippen LogP contribution is 2.08. The van der Waals surface area contributed by atoms with E-state index in [0.717, 1.165) is 0 Å². The molecule has 11 nitrogen and oxygen atoms in total. The summed E-state index contributed by atoms with van der Waals surface area (Å²) in [5.41, 5.74) is 6.52. The smallest absolute Gasteiger partial charge is 0.326 e. The molecule has 0 saturated carbocycles. The molecular weight excluding hydrogens is 436 g/mol. The van der Waals surface area contributed by atoms with Gasteiger partial charge >= 0.3 is 5.97 Å². The number of aromatic nitrogens is 2. The van der Waals surface area contributed by atoms with Gasteiger partial charge in [-0.25, -0.2) is 9.78 Å². The van der Waals surface area contributed by atoms with Crippen LogP contribution >= 0.6 is 11.8 Å². The minimum Gasteiger partial charge on any atom is -0.480 e. The van der Waals surface area contributed by atoms with E-state index in [9.17, 15) is 24.3 Å². The number of amides is 3. The Morgan fingerprint density at radius 3 is 2.38 bits per heavy atom. The van der Waals surface area contributed by atoms with Gasteiger partial charge in [0.05, 0.1) is 12.4 Å². The van der Waals surface area contributed by atoms with Gasteiger partial charge in [0.15, 0.2) is 0 Å². The second kappa shape index (κ2) is 13.7. The Bertz CT molecular complexity index is 760. The SMILES string of the molecule is CCC(C)C(NC(=O)C(C)NC(=O)C(Cc1cnc[nH]1)NC(=O)C(N)CCSC)C(=O)O. The van der Waals surface area contributed by atoms with Crippen LogP contribution in [0.25, 0.3) is 0 Å². The van der Waals surface area contributed by atoms with Crippen LogP contribution in [0, 0.1) is 5.92 Å². The van der Waals surface area contributed by atoms with Gasteiger partial charge in [0.1, 0.15) is 18.1 Å². The van der Waals surface area contributed by atoms with Crippen molar-refractivity contribution in [2.75, 3.05) is 12.0 Å². The Kier molecular flexibility index (Phi) is 11.8. The number of carbonyl (C=O) groups is 4. The first-order chi connectivity index (χ1) is 15.1. The molecule has 3 amide bonds. The van der Waals surface area contributed by atoms with Crippen molar-refractivity contribution in [2.45, 2.75) is 64.2 Å². The fraction of sp³-hybridized carbons (Fsp3) is 0.650. The number of H-pyrrole nitrogens is 1. The molecule has 0 aliphatic heterocycles. The van der Waals surface area contributed by atoms with Crippen LogP contribution in [0.3, 0.4) is 0 Å². The lowest BCUT2D eigenvalue weighted by Crippen LogP contribution is -2.57. The van der Waals surface area contributed by atoms with E-state index in [1.807, 2.05) is 13.2 Å². The zero-order valence-electron chi connectivity index (χ0n) is 18.9. The molecule has 5 atom stereocenters. The highest BCUT2D eigenvalue weighted by Gasteiger charge is 2.30. The molecular formula is C20H34N6O5S. The molecule has 1 rings (SSSR count). The first kappa shape index (κ1) is 27.4. The van der Waals surface area contributed by atoms with Gasteiger partial charge in [-0.2, -0.15) is 11.8 Å². The van der Waals surface area contributed by atoms with Crippen molar-refractivity contribution >= 4 is 35.5 Å². The lowest BCUT2D eigenvalue weighted by Gasteiger charge is -2.24. The largest absolute Gasteiger partial charge is 0.480 e. The van der Waals surface area contributed by atoms with Crippen molar-refractivity contribution in [3.63, 3.8) is 0 Å². The number of thioether (sulfide) groups is 1. The van der Waals surface area contributed by atoms with Crippen LogP contribution in [0.5, 0.6) is 0 Å². The van der Waals surface area contributed by atoms with Crippen LogP contribution in [-0.4, -0.2) is 74.9 Å². The van der Waals surface area contributed by atoms with Gasteiger partial charge in [-0.15, -0.1) is 0 Å². The van der Waals surface area contributed by atoms with Crippen LogP contribution in [-0.2, 0) is 25.6 Å². The summed E-state index contributed by atoms with van der Waals surface area (Å²) in [4.78, 5) is 56.0. The number of imidazole rings is 1. The predicted molar refractivity (Wildman–Crippen MR) is 122 cm³/mol. The third-order valence-corrected chi connectivity index (χ3v) is 5.75. The Balaban J connectivity index is 2.84. The minimum absolute atomic E-state index is 0.117. The van der Waals surface area contributed by atoms with Crippen molar-refractivity contribution in [3.05, 3.63) is 18.2 Å². The number of hydrogen-bond donors (Lipinski definition) is 6. The normalized spacial score (nSPS) is 15.7. The molecule has 0 spiro atoms. The molecule has 0 fully saturated rings. The minimum atomic E-state index is -1.14. The third-order valence-electron chi connectivity index (χ3n) is 5.11. The molecule has 0 aliphatic rings. The summed E-state index contributed by atoms with van der Waals surface area (Å²) in [7, 11) is 0. The standard InChI is InChI=1S/C20H34N6O5S/c1-5-11(2)16(20(30)31)26-17(27)12(3)24-19(29)15(8-13-9-22-10-23-13)25-18(28)14(21)6-7-32-4/h9-12,14-16H,5-8,21H2,1-4H3,(H,22,23)(H,24,29)(H,25,28)(H,26,27)(H,30,31). The van der Waals surface area contributed by atoms with Crippen LogP contribution in [0.1, 0.15) is 39.3 Å². The van der Waals surface area contributed by atoms with Crippen LogP contribution < -0.4 is 21.7 Å². The van der Waals surface area contributed by atoms with E-state index in [1.54, 1.807) is 18.7 Å². The lowest BCUT2D eigenvalue weighted by molar-refractivity contribution is -0.143. The maximum absolute atomic E-state index is 12.9. The van der Waals surface area contributed by atoms with Gasteiger partial charge in [0.25, 0.3) is 0 Å². The second-order valence-corrected chi connectivity index (χ2v) is 8.66. The molecule has 32 heavy (non-hydrogen) atoms. The summed E-state index contributed by atoms with van der Waals surface area (Å²) in [6.45, 7) is 4.99. The Morgan fingerprint density at radius 2 is 1.84 bits per heavy atom. The Labute approximate surface area is 192 Å². The lowest BCUT2D eigenvalue weighted by atomic mass is 9.99. The van der Waals surface area contributed by atoms with E-state index in [0.29, 0.717) is 24.3 Å². The van der Waals surface area contributed by atoms with Gasteiger partial charge in [0.2, 0.25) is 17.7 Å². The molecule has 5 unspecified atom stereocenters. The summed E-state index contributed by atoms with van der Waals surface area (Å²) in [6, 6.07) is -3.85. The fourth-order valence-electron chi connectivity index (χ4n) is 2.82. The van der Waals surface area contributed by atoms with E-state index in [4.69, 9.17) is 5.73 Å². The number of carbonyl (C=O) groups excluding carboxylic acids is 3. The number of carboxylic acid groups (broad SMARTS) is 1. The van der Waals surface area contributed by atoms with Gasteiger partial charge in [0, 0.05) is 18.3 Å². The summed E-state index contributed by atoms with van der Waals surface area (Å²) in [5, 5.41) is 17.0. The van der Waals surface area contributed by atoms with E-state index >= 15 is 0 Å².